The summed E-state index contributed by atoms with van der Waals surface area (Å²) in [5.74, 6) is -1.08. The molecular formula is C25H39NO6Si. The zero-order valence-corrected chi connectivity index (χ0v) is 22.4. The van der Waals surface area contributed by atoms with Gasteiger partial charge in [0.15, 0.2) is 5.41 Å². The van der Waals surface area contributed by atoms with Crippen molar-refractivity contribution in [3.63, 3.8) is 0 Å². The molecule has 2 rings (SSSR count). The molecule has 2 aliphatic carbocycles. The number of carbonyl (C=O) groups excluding carboxylic acids is 3. The molecule has 0 bridgehead atoms. The number of carbonyl (C=O) groups is 3. The number of nitriles is 1. The largest absolute Gasteiger partial charge is 0.547 e. The maximum absolute atomic E-state index is 13.3. The molecule has 0 unspecified atom stereocenters. The number of hydrogen-bond acceptors (Lipinski definition) is 7. The fourth-order valence-electron chi connectivity index (χ4n) is 4.63. The molecular weight excluding hydrogens is 438 g/mol. The molecule has 0 aromatic heterocycles. The molecule has 0 saturated heterocycles. The van der Waals surface area contributed by atoms with E-state index in [2.05, 4.69) is 46.9 Å². The zero-order chi connectivity index (χ0) is 25.2. The number of ether oxygens (including phenoxy) is 2. The lowest BCUT2D eigenvalue weighted by molar-refractivity contribution is -0.163. The van der Waals surface area contributed by atoms with Crippen LogP contribution >= 0.6 is 0 Å². The molecule has 0 amide bonds. The van der Waals surface area contributed by atoms with E-state index in [1.807, 2.05) is 0 Å². The quantitative estimate of drug-likeness (QED) is 0.264. The number of hydrogen-bond donors (Lipinski definition) is 0. The van der Waals surface area contributed by atoms with E-state index in [1.165, 1.54) is 14.2 Å². The van der Waals surface area contributed by atoms with Crippen LogP contribution < -0.4 is 0 Å². The third kappa shape index (κ3) is 5.51. The van der Waals surface area contributed by atoms with Crippen molar-refractivity contribution in [2.24, 2.45) is 23.2 Å². The van der Waals surface area contributed by atoms with Crippen LogP contribution in [0, 0.1) is 34.5 Å². The molecule has 8 heteroatoms. The number of esters is 2. The predicted octanol–water partition coefficient (Wildman–Crippen LogP) is 4.92. The Kier molecular flexibility index (Phi) is 8.22. The van der Waals surface area contributed by atoms with E-state index in [9.17, 15) is 19.6 Å². The summed E-state index contributed by atoms with van der Waals surface area (Å²) < 4.78 is 16.3. The zero-order valence-electron chi connectivity index (χ0n) is 21.4. The van der Waals surface area contributed by atoms with Gasteiger partial charge in [-0.05, 0) is 54.8 Å². The second-order valence-corrected chi connectivity index (χ2v) is 15.8. The van der Waals surface area contributed by atoms with E-state index in [0.717, 1.165) is 24.2 Å². The molecule has 0 aromatic carbocycles. The van der Waals surface area contributed by atoms with Gasteiger partial charge in [0.05, 0.1) is 26.0 Å². The Bertz CT molecular complexity index is 847. The molecule has 33 heavy (non-hydrogen) atoms. The Balaban J connectivity index is 2.33. The Morgan fingerprint density at radius 3 is 2.21 bits per heavy atom. The molecule has 7 nitrogen and oxygen atoms in total. The van der Waals surface area contributed by atoms with E-state index < -0.39 is 31.6 Å². The molecule has 184 valence electrons. The van der Waals surface area contributed by atoms with Crippen molar-refractivity contribution in [3.05, 3.63) is 11.3 Å². The lowest BCUT2D eigenvalue weighted by Crippen LogP contribution is -2.41. The number of rotatable bonds is 9. The third-order valence-electron chi connectivity index (χ3n) is 7.66. The first-order valence-corrected chi connectivity index (χ1v) is 14.6. The van der Waals surface area contributed by atoms with Crippen molar-refractivity contribution in [1.82, 2.24) is 0 Å². The minimum absolute atomic E-state index is 0.0288. The summed E-state index contributed by atoms with van der Waals surface area (Å²) in [6.45, 7) is 13.1. The van der Waals surface area contributed by atoms with Gasteiger partial charge in [-0.15, -0.1) is 0 Å². The Hall–Kier alpha value is -2.14. The van der Waals surface area contributed by atoms with Crippen LogP contribution in [0.3, 0.4) is 0 Å². The molecule has 0 aliphatic heterocycles. The first-order valence-electron chi connectivity index (χ1n) is 11.7. The molecule has 3 atom stereocenters. The Morgan fingerprint density at radius 2 is 1.73 bits per heavy atom. The summed E-state index contributed by atoms with van der Waals surface area (Å²) in [6, 6.07) is 2.22. The standard InChI is InChI=1S/C25H39NO6Si/c1-16-12-17(14-20(27)19-15-25(19,22(28)30-5)23(29)31-6)18(10-9-11-26)21(13-16)32-33(7,8)24(2,3)4/h16-17,19H,9-10,12-15H2,1-8H3/t16-,17+,19-/m1/s1. The van der Waals surface area contributed by atoms with Crippen LogP contribution in [0.1, 0.15) is 66.2 Å². The lowest BCUT2D eigenvalue weighted by atomic mass is 9.76. The molecule has 0 spiro atoms. The number of Topliss-reactive ketones (excluding diaryl/α,β-unsaturated/α-hetero) is 1. The highest BCUT2D eigenvalue weighted by Crippen LogP contribution is 2.56. The highest BCUT2D eigenvalue weighted by molar-refractivity contribution is 6.74. The average molecular weight is 478 g/mol. The summed E-state index contributed by atoms with van der Waals surface area (Å²) in [5.41, 5.74) is -0.465. The first kappa shape index (κ1) is 27.1. The fraction of sp³-hybridized carbons (Fsp3) is 0.760. The maximum Gasteiger partial charge on any atom is 0.323 e. The summed E-state index contributed by atoms with van der Waals surface area (Å²) in [5, 5.41) is 9.26. The fourth-order valence-corrected chi connectivity index (χ4v) is 5.77. The van der Waals surface area contributed by atoms with E-state index >= 15 is 0 Å². The van der Waals surface area contributed by atoms with Gasteiger partial charge in [0, 0.05) is 25.2 Å². The van der Waals surface area contributed by atoms with Gasteiger partial charge < -0.3 is 13.9 Å². The summed E-state index contributed by atoms with van der Waals surface area (Å²) in [7, 11) is 0.330. The van der Waals surface area contributed by atoms with E-state index in [0.29, 0.717) is 18.8 Å². The number of allylic oxidation sites excluding steroid dienone is 2. The van der Waals surface area contributed by atoms with Crippen LogP contribution in [0.5, 0.6) is 0 Å². The van der Waals surface area contributed by atoms with Crippen molar-refractivity contribution in [3.8, 4) is 6.07 Å². The average Bonchev–Trinajstić information content (AvgIpc) is 3.48. The molecule has 0 aromatic rings. The van der Waals surface area contributed by atoms with Gasteiger partial charge in [-0.3, -0.25) is 14.4 Å². The lowest BCUT2D eigenvalue weighted by Gasteiger charge is -2.41. The minimum atomic E-state index is -2.09. The van der Waals surface area contributed by atoms with Gasteiger partial charge >= 0.3 is 11.9 Å². The van der Waals surface area contributed by atoms with Crippen molar-refractivity contribution in [2.45, 2.75) is 84.4 Å². The van der Waals surface area contributed by atoms with Crippen LogP contribution in [0.4, 0.5) is 0 Å². The normalized spacial score (nSPS) is 24.5. The van der Waals surface area contributed by atoms with Crippen molar-refractivity contribution >= 4 is 26.0 Å². The second kappa shape index (κ2) is 10.0. The number of nitrogens with zero attached hydrogens (tertiary/aromatic N) is 1. The van der Waals surface area contributed by atoms with Gasteiger partial charge in [-0.2, -0.15) is 5.26 Å². The molecule has 0 heterocycles. The van der Waals surface area contributed by atoms with Crippen LogP contribution in [0.25, 0.3) is 0 Å². The Morgan fingerprint density at radius 1 is 1.15 bits per heavy atom. The maximum atomic E-state index is 13.3. The van der Waals surface area contributed by atoms with Gasteiger partial charge in [0.2, 0.25) is 8.32 Å². The van der Waals surface area contributed by atoms with Crippen molar-refractivity contribution in [1.29, 1.82) is 5.26 Å². The first-order chi connectivity index (χ1) is 15.2. The van der Waals surface area contributed by atoms with Crippen LogP contribution in [-0.4, -0.2) is 40.3 Å². The van der Waals surface area contributed by atoms with Crippen LogP contribution in [0.15, 0.2) is 11.3 Å². The summed E-state index contributed by atoms with van der Waals surface area (Å²) in [6.07, 6.45) is 2.88. The summed E-state index contributed by atoms with van der Waals surface area (Å²) in [4.78, 5) is 37.9. The molecule has 2 aliphatic rings. The van der Waals surface area contributed by atoms with Gasteiger partial charge in [0.25, 0.3) is 0 Å². The smallest absolute Gasteiger partial charge is 0.323 e. The number of methoxy groups -OCH3 is 2. The molecule has 0 radical (unpaired) electrons. The molecule has 1 fully saturated rings. The van der Waals surface area contributed by atoms with E-state index in [-0.39, 0.29) is 29.6 Å². The van der Waals surface area contributed by atoms with Crippen molar-refractivity contribution in [2.75, 3.05) is 14.2 Å². The van der Waals surface area contributed by atoms with Gasteiger partial charge in [0.1, 0.15) is 5.78 Å². The van der Waals surface area contributed by atoms with Crippen molar-refractivity contribution < 1.29 is 28.3 Å². The van der Waals surface area contributed by atoms with Crippen LogP contribution in [0.2, 0.25) is 18.1 Å². The van der Waals surface area contributed by atoms with Crippen LogP contribution in [-0.2, 0) is 28.3 Å². The highest BCUT2D eigenvalue weighted by atomic mass is 28.4. The molecule has 0 N–H and O–H groups in total. The predicted molar refractivity (Wildman–Crippen MR) is 126 cm³/mol. The minimum Gasteiger partial charge on any atom is -0.547 e. The topological polar surface area (TPSA) is 103 Å². The van der Waals surface area contributed by atoms with E-state index in [4.69, 9.17) is 13.9 Å². The Labute approximate surface area is 199 Å². The molecule has 1 saturated carbocycles. The number of ketones is 1. The van der Waals surface area contributed by atoms with Gasteiger partial charge in [-0.1, -0.05) is 27.7 Å². The second-order valence-electron chi connectivity index (χ2n) is 11.1. The SMILES string of the molecule is COC(=O)C1(C(=O)OC)C[C@@H]1C(=O)C[C@@H]1C[C@@H](C)CC(O[Si](C)(C)C(C)(C)C)=C1CCC#N. The van der Waals surface area contributed by atoms with Gasteiger partial charge in [-0.25, -0.2) is 0 Å². The highest BCUT2D eigenvalue weighted by Gasteiger charge is 2.70. The monoisotopic (exact) mass is 477 g/mol. The third-order valence-corrected chi connectivity index (χ3v) is 12.0. The van der Waals surface area contributed by atoms with E-state index in [1.54, 1.807) is 0 Å². The summed E-state index contributed by atoms with van der Waals surface area (Å²) >= 11 is 0.